The molecule has 0 saturated carbocycles. The molecule has 12 heteroatoms. The minimum absolute atomic E-state index is 0.184. The van der Waals surface area contributed by atoms with E-state index in [2.05, 4.69) is 21.2 Å². The molecule has 1 spiro atoms. The molecule has 2 unspecified atom stereocenters. The number of rotatable bonds is 4. The monoisotopic (exact) mass is 571 g/mol. The van der Waals surface area contributed by atoms with Crippen LogP contribution in [0, 0.1) is 20.8 Å². The van der Waals surface area contributed by atoms with Gasteiger partial charge in [-0.3, -0.25) is 4.40 Å². The molecule has 0 radical (unpaired) electrons. The van der Waals surface area contributed by atoms with Gasteiger partial charge in [-0.2, -0.15) is 13.2 Å². The zero-order valence-electron chi connectivity index (χ0n) is 22.3. The SMILES string of the molecule is Cc1cnc2c(c1)S(=O)N(Cc1cc(Cc3ccn4c(C(F)(F)F)nnc4c3C)ccc1C)CC1(CCOC1)O2. The van der Waals surface area contributed by atoms with E-state index in [1.165, 1.54) is 6.20 Å². The van der Waals surface area contributed by atoms with Crippen molar-refractivity contribution in [1.29, 1.82) is 0 Å². The first-order valence-corrected chi connectivity index (χ1v) is 14.0. The summed E-state index contributed by atoms with van der Waals surface area (Å²) < 4.78 is 68.6. The number of ether oxygens (including phenoxy) is 2. The molecule has 2 aliphatic rings. The molecule has 1 fully saturated rings. The predicted molar refractivity (Wildman–Crippen MR) is 141 cm³/mol. The number of halogens is 3. The number of pyridine rings is 2. The van der Waals surface area contributed by atoms with E-state index in [9.17, 15) is 17.4 Å². The molecule has 40 heavy (non-hydrogen) atoms. The van der Waals surface area contributed by atoms with Crippen molar-refractivity contribution < 1.29 is 26.9 Å². The van der Waals surface area contributed by atoms with Crippen molar-refractivity contribution in [3.8, 4) is 5.88 Å². The quantitative estimate of drug-likeness (QED) is 0.352. The molecule has 1 aromatic carbocycles. The fourth-order valence-electron chi connectivity index (χ4n) is 5.32. The number of alkyl halides is 3. The van der Waals surface area contributed by atoms with Gasteiger partial charge in [-0.15, -0.1) is 10.2 Å². The van der Waals surface area contributed by atoms with Crippen LogP contribution in [0.5, 0.6) is 5.88 Å². The molecule has 210 valence electrons. The summed E-state index contributed by atoms with van der Waals surface area (Å²) in [6.45, 7) is 7.48. The Morgan fingerprint density at radius 1 is 1.10 bits per heavy atom. The Labute approximate surface area is 231 Å². The van der Waals surface area contributed by atoms with Gasteiger partial charge in [0.1, 0.15) is 21.5 Å². The number of hydrogen-bond acceptors (Lipinski definition) is 6. The van der Waals surface area contributed by atoms with Gasteiger partial charge in [0.05, 0.1) is 19.8 Å². The van der Waals surface area contributed by atoms with Gasteiger partial charge in [0.15, 0.2) is 5.65 Å². The summed E-state index contributed by atoms with van der Waals surface area (Å²) >= 11 is 0. The average molecular weight is 572 g/mol. The van der Waals surface area contributed by atoms with Crippen LogP contribution in [0.3, 0.4) is 0 Å². The van der Waals surface area contributed by atoms with Crippen LogP contribution < -0.4 is 4.74 Å². The highest BCUT2D eigenvalue weighted by atomic mass is 32.2. The molecule has 4 aromatic rings. The molecule has 0 amide bonds. The van der Waals surface area contributed by atoms with Crippen molar-refractivity contribution in [2.24, 2.45) is 0 Å². The Balaban J connectivity index is 1.30. The maximum Gasteiger partial charge on any atom is 0.452 e. The lowest BCUT2D eigenvalue weighted by atomic mass is 9.97. The maximum absolute atomic E-state index is 13.8. The second kappa shape index (κ2) is 9.93. The van der Waals surface area contributed by atoms with Crippen LogP contribution in [-0.4, -0.2) is 53.5 Å². The van der Waals surface area contributed by atoms with Gasteiger partial charge in [-0.1, -0.05) is 18.2 Å². The van der Waals surface area contributed by atoms with Gasteiger partial charge in [0, 0.05) is 25.4 Å². The van der Waals surface area contributed by atoms with Gasteiger partial charge in [-0.05, 0) is 72.7 Å². The summed E-state index contributed by atoms with van der Waals surface area (Å²) in [5.41, 5.74) is 4.98. The van der Waals surface area contributed by atoms with Crippen LogP contribution in [0.4, 0.5) is 13.2 Å². The second-order valence-corrected chi connectivity index (χ2v) is 12.0. The molecular weight excluding hydrogens is 543 g/mol. The standard InChI is InChI=1S/C28H28F3N5O3S/c1-17-10-23-25(32-13-17)39-27(7-9-38-16-27)15-35(40(23)37)14-22-12-20(5-4-18(22)2)11-21-6-8-36-24(19(21)3)33-34-26(36)28(29,30)31/h4-6,8,10,12-13H,7,9,11,14-16H2,1-3H3. The molecule has 2 aliphatic heterocycles. The Kier molecular flexibility index (Phi) is 6.67. The largest absolute Gasteiger partial charge is 0.466 e. The smallest absolute Gasteiger partial charge is 0.452 e. The molecule has 0 N–H and O–H groups in total. The van der Waals surface area contributed by atoms with Crippen molar-refractivity contribution in [2.45, 2.75) is 56.8 Å². The summed E-state index contributed by atoms with van der Waals surface area (Å²) in [6.07, 6.45) is -0.330. The molecule has 3 aromatic heterocycles. The van der Waals surface area contributed by atoms with E-state index in [1.807, 2.05) is 36.4 Å². The van der Waals surface area contributed by atoms with E-state index in [4.69, 9.17) is 9.47 Å². The first-order valence-electron chi connectivity index (χ1n) is 12.9. The van der Waals surface area contributed by atoms with Crippen molar-refractivity contribution >= 4 is 16.6 Å². The fourth-order valence-corrected chi connectivity index (χ4v) is 6.73. The number of aryl methyl sites for hydroxylation is 3. The fraction of sp³-hybridized carbons (Fsp3) is 0.393. The molecule has 6 rings (SSSR count). The van der Waals surface area contributed by atoms with E-state index in [1.54, 1.807) is 19.2 Å². The molecule has 0 bridgehead atoms. The molecule has 1 saturated heterocycles. The first-order chi connectivity index (χ1) is 19.0. The Bertz CT molecular complexity index is 1630. The minimum Gasteiger partial charge on any atom is -0.466 e. The van der Waals surface area contributed by atoms with Gasteiger partial charge in [0.2, 0.25) is 11.7 Å². The lowest BCUT2D eigenvalue weighted by Gasteiger charge is -2.30. The van der Waals surface area contributed by atoms with Crippen molar-refractivity contribution in [3.63, 3.8) is 0 Å². The number of nitrogens with zero attached hydrogens (tertiary/aromatic N) is 5. The van der Waals surface area contributed by atoms with E-state index >= 15 is 0 Å². The summed E-state index contributed by atoms with van der Waals surface area (Å²) in [5, 5.41) is 7.16. The highest BCUT2D eigenvalue weighted by molar-refractivity contribution is 7.82. The van der Waals surface area contributed by atoms with Crippen LogP contribution in [0.2, 0.25) is 0 Å². The van der Waals surface area contributed by atoms with Crippen molar-refractivity contribution in [3.05, 3.63) is 81.9 Å². The van der Waals surface area contributed by atoms with Gasteiger partial charge in [0.25, 0.3) is 0 Å². The second-order valence-electron chi connectivity index (χ2n) is 10.6. The van der Waals surface area contributed by atoms with Crippen LogP contribution in [0.15, 0.2) is 47.6 Å². The Hall–Kier alpha value is -3.35. The lowest BCUT2D eigenvalue weighted by molar-refractivity contribution is -0.145. The Morgan fingerprint density at radius 3 is 2.67 bits per heavy atom. The van der Waals surface area contributed by atoms with E-state index in [0.717, 1.165) is 32.2 Å². The van der Waals surface area contributed by atoms with E-state index in [0.29, 0.717) is 55.5 Å². The number of benzene rings is 1. The third-order valence-corrected chi connectivity index (χ3v) is 8.96. The molecule has 2 atom stereocenters. The lowest BCUT2D eigenvalue weighted by Crippen LogP contribution is -2.46. The zero-order chi connectivity index (χ0) is 28.2. The summed E-state index contributed by atoms with van der Waals surface area (Å²) in [5.74, 6) is -0.656. The van der Waals surface area contributed by atoms with Crippen LogP contribution in [0.25, 0.3) is 5.65 Å². The molecule has 0 aliphatic carbocycles. The number of hydrogen-bond donors (Lipinski definition) is 0. The van der Waals surface area contributed by atoms with Gasteiger partial charge >= 0.3 is 6.18 Å². The summed E-state index contributed by atoms with van der Waals surface area (Å²) in [7, 11) is -1.50. The average Bonchev–Trinajstić information content (AvgIpc) is 3.53. The summed E-state index contributed by atoms with van der Waals surface area (Å²) in [6, 6.07) is 9.63. The van der Waals surface area contributed by atoms with Crippen molar-refractivity contribution in [1.82, 2.24) is 23.9 Å². The highest BCUT2D eigenvalue weighted by Crippen LogP contribution is 2.36. The third kappa shape index (κ3) is 4.88. The molecule has 5 heterocycles. The number of fused-ring (bicyclic) bond motifs is 2. The summed E-state index contributed by atoms with van der Waals surface area (Å²) in [4.78, 5) is 4.99. The predicted octanol–water partition coefficient (Wildman–Crippen LogP) is 4.74. The third-order valence-electron chi connectivity index (χ3n) is 7.57. The molecule has 8 nitrogen and oxygen atoms in total. The topological polar surface area (TPSA) is 81.9 Å². The molecular formula is C28H28F3N5O3S. The number of aromatic nitrogens is 4. The van der Waals surface area contributed by atoms with E-state index < -0.39 is 28.6 Å². The van der Waals surface area contributed by atoms with Crippen molar-refractivity contribution in [2.75, 3.05) is 19.8 Å². The van der Waals surface area contributed by atoms with Gasteiger partial charge in [-0.25, -0.2) is 13.5 Å². The van der Waals surface area contributed by atoms with Crippen LogP contribution in [0.1, 0.15) is 45.6 Å². The maximum atomic E-state index is 13.8. The van der Waals surface area contributed by atoms with Crippen LogP contribution >= 0.6 is 0 Å². The highest BCUT2D eigenvalue weighted by Gasteiger charge is 2.44. The first kappa shape index (κ1) is 26.9. The minimum atomic E-state index is -4.59. The normalized spacial score (nSPS) is 21.5. The van der Waals surface area contributed by atoms with E-state index in [-0.39, 0.29) is 5.65 Å². The van der Waals surface area contributed by atoms with Crippen LogP contribution in [-0.2, 0) is 34.9 Å². The van der Waals surface area contributed by atoms with Gasteiger partial charge < -0.3 is 9.47 Å². The Morgan fingerprint density at radius 2 is 1.93 bits per heavy atom. The zero-order valence-corrected chi connectivity index (χ0v) is 23.1.